The molecule has 0 amide bonds. The Morgan fingerprint density at radius 3 is 2.14 bits per heavy atom. The molecular formula is C10H19NO3. The summed E-state index contributed by atoms with van der Waals surface area (Å²) in [5.74, 6) is 0. The van der Waals surface area contributed by atoms with Crippen molar-refractivity contribution in [2.24, 2.45) is 0 Å². The van der Waals surface area contributed by atoms with Crippen LogP contribution in [0.5, 0.6) is 0 Å². The molecule has 0 fully saturated rings. The summed E-state index contributed by atoms with van der Waals surface area (Å²) in [5.41, 5.74) is 0. The zero-order valence-corrected chi connectivity index (χ0v) is 8.94. The highest BCUT2D eigenvalue weighted by atomic mass is 16.5. The largest absolute Gasteiger partial charge is 0.383 e. The van der Waals surface area contributed by atoms with Gasteiger partial charge in [-0.25, -0.2) is 0 Å². The number of aldehydes is 1. The van der Waals surface area contributed by atoms with Gasteiger partial charge >= 0.3 is 0 Å². The van der Waals surface area contributed by atoms with Crippen LogP contribution in [0.25, 0.3) is 0 Å². The molecule has 4 nitrogen and oxygen atoms in total. The lowest BCUT2D eigenvalue weighted by atomic mass is 10.4. The first-order valence-corrected chi connectivity index (χ1v) is 4.65. The molecule has 0 aromatic carbocycles. The number of carbonyl (C=O) groups excluding carboxylic acids is 1. The summed E-state index contributed by atoms with van der Waals surface area (Å²) in [6, 6.07) is 0. The molecule has 0 atom stereocenters. The summed E-state index contributed by atoms with van der Waals surface area (Å²) in [7, 11) is 3.35. The zero-order chi connectivity index (χ0) is 10.6. The Hall–Kier alpha value is -0.710. The van der Waals surface area contributed by atoms with Gasteiger partial charge in [0.1, 0.15) is 6.29 Å². The number of rotatable bonds is 9. The third kappa shape index (κ3) is 7.91. The van der Waals surface area contributed by atoms with Gasteiger partial charge in [-0.05, 0) is 6.08 Å². The van der Waals surface area contributed by atoms with Gasteiger partial charge in [0.15, 0.2) is 0 Å². The fourth-order valence-corrected chi connectivity index (χ4v) is 1.00. The minimum absolute atomic E-state index is 0.693. The Morgan fingerprint density at radius 1 is 1.14 bits per heavy atom. The van der Waals surface area contributed by atoms with Crippen LogP contribution in [0.3, 0.4) is 0 Å². The lowest BCUT2D eigenvalue weighted by molar-refractivity contribution is -0.104. The van der Waals surface area contributed by atoms with Crippen LogP contribution < -0.4 is 0 Å². The van der Waals surface area contributed by atoms with Gasteiger partial charge in [-0.1, -0.05) is 6.08 Å². The fourth-order valence-electron chi connectivity index (χ4n) is 1.00. The predicted octanol–water partition coefficient (Wildman–Crippen LogP) is 0.336. The second kappa shape index (κ2) is 10.4. The van der Waals surface area contributed by atoms with E-state index in [1.807, 2.05) is 6.08 Å². The van der Waals surface area contributed by atoms with Crippen LogP contribution in [0.15, 0.2) is 12.2 Å². The van der Waals surface area contributed by atoms with Gasteiger partial charge < -0.3 is 9.47 Å². The molecule has 0 aromatic rings. The highest BCUT2D eigenvalue weighted by Crippen LogP contribution is 1.89. The smallest absolute Gasteiger partial charge is 0.142 e. The molecule has 0 bridgehead atoms. The molecule has 0 radical (unpaired) electrons. The Bertz CT molecular complexity index is 151. The van der Waals surface area contributed by atoms with Gasteiger partial charge in [0.05, 0.1) is 13.2 Å². The van der Waals surface area contributed by atoms with Crippen LogP contribution in [0, 0.1) is 0 Å². The molecular weight excluding hydrogens is 182 g/mol. The second-order valence-corrected chi connectivity index (χ2v) is 2.85. The van der Waals surface area contributed by atoms with Crippen molar-refractivity contribution in [3.8, 4) is 0 Å². The minimum atomic E-state index is 0.693. The van der Waals surface area contributed by atoms with Crippen molar-refractivity contribution in [1.82, 2.24) is 4.90 Å². The quantitative estimate of drug-likeness (QED) is 0.398. The number of hydrogen-bond acceptors (Lipinski definition) is 4. The molecule has 0 aliphatic carbocycles. The van der Waals surface area contributed by atoms with E-state index >= 15 is 0 Å². The van der Waals surface area contributed by atoms with E-state index in [0.717, 1.165) is 25.9 Å². The van der Waals surface area contributed by atoms with E-state index in [-0.39, 0.29) is 0 Å². The number of methoxy groups -OCH3 is 2. The van der Waals surface area contributed by atoms with Gasteiger partial charge in [0.2, 0.25) is 0 Å². The summed E-state index contributed by atoms with van der Waals surface area (Å²) in [5, 5.41) is 0. The molecule has 4 heteroatoms. The molecule has 0 saturated carbocycles. The number of hydrogen-bond donors (Lipinski definition) is 0. The third-order valence-corrected chi connectivity index (χ3v) is 1.80. The van der Waals surface area contributed by atoms with E-state index in [9.17, 15) is 4.79 Å². The van der Waals surface area contributed by atoms with Crippen LogP contribution >= 0.6 is 0 Å². The molecule has 14 heavy (non-hydrogen) atoms. The van der Waals surface area contributed by atoms with E-state index < -0.39 is 0 Å². The monoisotopic (exact) mass is 201 g/mol. The van der Waals surface area contributed by atoms with Crippen LogP contribution in [0.2, 0.25) is 0 Å². The number of carbonyl (C=O) groups is 1. The maximum Gasteiger partial charge on any atom is 0.142 e. The molecule has 0 saturated heterocycles. The number of nitrogens with zero attached hydrogens (tertiary/aromatic N) is 1. The molecule has 0 spiro atoms. The van der Waals surface area contributed by atoms with Crippen molar-refractivity contribution in [3.63, 3.8) is 0 Å². The van der Waals surface area contributed by atoms with Crippen molar-refractivity contribution < 1.29 is 14.3 Å². The Balaban J connectivity index is 3.70. The Labute approximate surface area is 85.5 Å². The normalized spacial score (nSPS) is 11.4. The SMILES string of the molecule is COCCN(CC=CC=O)CCOC. The van der Waals surface area contributed by atoms with Crippen molar-refractivity contribution in [1.29, 1.82) is 0 Å². The first-order valence-electron chi connectivity index (χ1n) is 4.65. The van der Waals surface area contributed by atoms with Crippen LogP contribution in [-0.4, -0.2) is 58.3 Å². The lowest BCUT2D eigenvalue weighted by Crippen LogP contribution is -2.30. The minimum Gasteiger partial charge on any atom is -0.383 e. The molecule has 0 N–H and O–H groups in total. The highest BCUT2D eigenvalue weighted by Gasteiger charge is 2.01. The van der Waals surface area contributed by atoms with Crippen LogP contribution in [-0.2, 0) is 14.3 Å². The second-order valence-electron chi connectivity index (χ2n) is 2.85. The zero-order valence-electron chi connectivity index (χ0n) is 8.94. The third-order valence-electron chi connectivity index (χ3n) is 1.80. The van der Waals surface area contributed by atoms with E-state index in [0.29, 0.717) is 13.2 Å². The Kier molecular flexibility index (Phi) is 9.85. The summed E-state index contributed by atoms with van der Waals surface area (Å²) < 4.78 is 9.96. The maximum atomic E-state index is 10.1. The molecule has 0 rings (SSSR count). The summed E-state index contributed by atoms with van der Waals surface area (Å²) >= 11 is 0. The highest BCUT2D eigenvalue weighted by molar-refractivity contribution is 5.64. The van der Waals surface area contributed by atoms with Crippen molar-refractivity contribution in [2.75, 3.05) is 47.1 Å². The number of allylic oxidation sites excluding steroid dienone is 1. The average molecular weight is 201 g/mol. The van der Waals surface area contributed by atoms with E-state index in [4.69, 9.17) is 9.47 Å². The lowest BCUT2D eigenvalue weighted by Gasteiger charge is -2.19. The van der Waals surface area contributed by atoms with E-state index in [1.54, 1.807) is 14.2 Å². The first-order chi connectivity index (χ1) is 6.85. The van der Waals surface area contributed by atoms with Crippen molar-refractivity contribution in [2.45, 2.75) is 0 Å². The first kappa shape index (κ1) is 13.3. The van der Waals surface area contributed by atoms with Gasteiger partial charge in [0, 0.05) is 33.9 Å². The summed E-state index contributed by atoms with van der Waals surface area (Å²) in [4.78, 5) is 12.2. The fraction of sp³-hybridized carbons (Fsp3) is 0.700. The molecule has 0 aliphatic heterocycles. The Morgan fingerprint density at radius 2 is 1.71 bits per heavy atom. The average Bonchev–Trinajstić information content (AvgIpc) is 2.21. The van der Waals surface area contributed by atoms with Gasteiger partial charge in [-0.3, -0.25) is 9.69 Å². The topological polar surface area (TPSA) is 38.8 Å². The molecule has 82 valence electrons. The molecule has 0 aliphatic rings. The van der Waals surface area contributed by atoms with Crippen molar-refractivity contribution in [3.05, 3.63) is 12.2 Å². The van der Waals surface area contributed by atoms with Gasteiger partial charge in [-0.15, -0.1) is 0 Å². The standard InChI is InChI=1S/C10H19NO3/c1-13-9-6-11(7-10-14-2)5-3-4-8-12/h3-4,8H,5-7,9-10H2,1-2H3. The maximum absolute atomic E-state index is 10.1. The van der Waals surface area contributed by atoms with E-state index in [1.165, 1.54) is 6.08 Å². The van der Waals surface area contributed by atoms with Crippen LogP contribution in [0.1, 0.15) is 0 Å². The van der Waals surface area contributed by atoms with Crippen LogP contribution in [0.4, 0.5) is 0 Å². The summed E-state index contributed by atoms with van der Waals surface area (Å²) in [6.07, 6.45) is 4.12. The number of ether oxygens (including phenoxy) is 2. The summed E-state index contributed by atoms with van der Waals surface area (Å²) in [6.45, 7) is 3.84. The van der Waals surface area contributed by atoms with E-state index in [2.05, 4.69) is 4.90 Å². The molecule has 0 unspecified atom stereocenters. The molecule has 0 aromatic heterocycles. The molecule has 0 heterocycles. The van der Waals surface area contributed by atoms with Gasteiger partial charge in [-0.2, -0.15) is 0 Å². The van der Waals surface area contributed by atoms with Gasteiger partial charge in [0.25, 0.3) is 0 Å². The predicted molar refractivity (Wildman–Crippen MR) is 55.4 cm³/mol. The van der Waals surface area contributed by atoms with Crippen molar-refractivity contribution >= 4 is 6.29 Å².